The van der Waals surface area contributed by atoms with Crippen molar-refractivity contribution in [1.82, 2.24) is 0 Å². The topological polar surface area (TPSA) is 12.0 Å². The van der Waals surface area contributed by atoms with E-state index in [4.69, 9.17) is 0 Å². The summed E-state index contributed by atoms with van der Waals surface area (Å²) in [4.78, 5) is 0. The lowest BCUT2D eigenvalue weighted by molar-refractivity contribution is 0.565. The molecule has 1 unspecified atom stereocenters. The van der Waals surface area contributed by atoms with Crippen molar-refractivity contribution in [2.24, 2.45) is 0 Å². The molecule has 0 aliphatic rings. The molecule has 2 aromatic rings. The van der Waals surface area contributed by atoms with Gasteiger partial charge in [0.15, 0.2) is 0 Å². The molecule has 1 atom stereocenters. The van der Waals surface area contributed by atoms with Crippen LogP contribution in [-0.2, 0) is 0 Å². The maximum absolute atomic E-state index is 13.6. The van der Waals surface area contributed by atoms with Crippen LogP contribution in [0.1, 0.15) is 18.5 Å². The van der Waals surface area contributed by atoms with Gasteiger partial charge in [-0.25, -0.2) is 13.2 Å². The minimum absolute atomic E-state index is 0.263. The number of halogens is 4. The highest BCUT2D eigenvalue weighted by Gasteiger charge is 2.13. The zero-order valence-corrected chi connectivity index (χ0v) is 11.6. The first-order valence-corrected chi connectivity index (χ1v) is 6.43. The predicted molar refractivity (Wildman–Crippen MR) is 72.5 cm³/mol. The van der Waals surface area contributed by atoms with Crippen LogP contribution in [0.2, 0.25) is 0 Å². The molecule has 1 nitrogen and oxygen atoms in total. The number of nitrogens with one attached hydrogen (secondary N) is 1. The van der Waals surface area contributed by atoms with Gasteiger partial charge in [0.1, 0.15) is 17.5 Å². The van der Waals surface area contributed by atoms with E-state index in [0.29, 0.717) is 4.47 Å². The van der Waals surface area contributed by atoms with E-state index in [0.717, 1.165) is 6.07 Å². The summed E-state index contributed by atoms with van der Waals surface area (Å²) >= 11 is 3.16. The van der Waals surface area contributed by atoms with E-state index in [1.807, 2.05) is 0 Å². The Hall–Kier alpha value is -1.49. The third-order valence-electron chi connectivity index (χ3n) is 2.73. The van der Waals surface area contributed by atoms with E-state index < -0.39 is 23.5 Å². The van der Waals surface area contributed by atoms with Crippen LogP contribution < -0.4 is 5.32 Å². The number of hydrogen-bond acceptors (Lipinski definition) is 1. The third kappa shape index (κ3) is 3.29. The van der Waals surface area contributed by atoms with Crippen LogP contribution in [0, 0.1) is 17.5 Å². The molecule has 2 aromatic carbocycles. The van der Waals surface area contributed by atoms with E-state index in [1.54, 1.807) is 19.1 Å². The molecule has 100 valence electrons. The number of anilines is 1. The third-order valence-corrected chi connectivity index (χ3v) is 3.23. The van der Waals surface area contributed by atoms with Crippen molar-refractivity contribution in [3.05, 3.63) is 63.9 Å². The van der Waals surface area contributed by atoms with E-state index in [1.165, 1.54) is 18.2 Å². The number of rotatable bonds is 3. The zero-order valence-electron chi connectivity index (χ0n) is 10.1. The molecule has 2 rings (SSSR count). The van der Waals surface area contributed by atoms with E-state index in [-0.39, 0.29) is 11.3 Å². The van der Waals surface area contributed by atoms with Crippen LogP contribution in [-0.4, -0.2) is 0 Å². The normalized spacial score (nSPS) is 12.3. The molecule has 0 saturated heterocycles. The quantitative estimate of drug-likeness (QED) is 0.831. The standard InChI is InChI=1S/C14H11BrF3N/c1-8(11-4-3-10(16)7-12(11)17)19-14-5-2-9(15)6-13(14)18/h2-8,19H,1H3. The van der Waals surface area contributed by atoms with Gasteiger partial charge < -0.3 is 5.32 Å². The first-order chi connectivity index (χ1) is 8.97. The SMILES string of the molecule is CC(Nc1ccc(Br)cc1F)c1ccc(F)cc1F. The van der Waals surface area contributed by atoms with Crippen LogP contribution in [0.15, 0.2) is 40.9 Å². The Kier molecular flexibility index (Phi) is 4.14. The van der Waals surface area contributed by atoms with Crippen molar-refractivity contribution >= 4 is 21.6 Å². The molecule has 0 aliphatic heterocycles. The van der Waals surface area contributed by atoms with Crippen LogP contribution in [0.3, 0.4) is 0 Å². The van der Waals surface area contributed by atoms with Gasteiger partial charge in [-0.3, -0.25) is 0 Å². The first kappa shape index (κ1) is 13.9. The van der Waals surface area contributed by atoms with Crippen LogP contribution >= 0.6 is 15.9 Å². The molecule has 0 heterocycles. The fourth-order valence-corrected chi connectivity index (χ4v) is 2.10. The van der Waals surface area contributed by atoms with Gasteiger partial charge in [-0.15, -0.1) is 0 Å². The lowest BCUT2D eigenvalue weighted by Crippen LogP contribution is -2.10. The number of benzene rings is 2. The second-order valence-corrected chi connectivity index (χ2v) is 5.07. The second-order valence-electron chi connectivity index (χ2n) is 4.16. The molecule has 1 N–H and O–H groups in total. The Morgan fingerprint density at radius 1 is 1.00 bits per heavy atom. The molecule has 0 amide bonds. The highest BCUT2D eigenvalue weighted by molar-refractivity contribution is 9.10. The van der Waals surface area contributed by atoms with Crippen molar-refractivity contribution in [2.45, 2.75) is 13.0 Å². The van der Waals surface area contributed by atoms with Crippen LogP contribution in [0.4, 0.5) is 18.9 Å². The Bertz CT molecular complexity index is 601. The van der Waals surface area contributed by atoms with Gasteiger partial charge >= 0.3 is 0 Å². The van der Waals surface area contributed by atoms with Gasteiger partial charge in [0, 0.05) is 16.1 Å². The Balaban J connectivity index is 2.23. The van der Waals surface area contributed by atoms with Crippen molar-refractivity contribution in [3.8, 4) is 0 Å². The molecule has 0 aliphatic carbocycles. The molecule has 0 saturated carbocycles. The zero-order chi connectivity index (χ0) is 14.0. The summed E-state index contributed by atoms with van der Waals surface area (Å²) in [5, 5.41) is 2.86. The fraction of sp³-hybridized carbons (Fsp3) is 0.143. The highest BCUT2D eigenvalue weighted by atomic mass is 79.9. The predicted octanol–water partition coefficient (Wildman–Crippen LogP) is 5.04. The Morgan fingerprint density at radius 3 is 2.37 bits per heavy atom. The molecular formula is C14H11BrF3N. The molecular weight excluding hydrogens is 319 g/mol. The molecule has 0 aromatic heterocycles. The molecule has 0 radical (unpaired) electrons. The summed E-state index contributed by atoms with van der Waals surface area (Å²) in [6.07, 6.45) is 0. The van der Waals surface area contributed by atoms with Gasteiger partial charge in [0.2, 0.25) is 0 Å². The monoisotopic (exact) mass is 329 g/mol. The summed E-state index contributed by atoms with van der Waals surface area (Å²) in [5.74, 6) is -1.73. The van der Waals surface area contributed by atoms with E-state index in [2.05, 4.69) is 21.2 Å². The number of hydrogen-bond donors (Lipinski definition) is 1. The Morgan fingerprint density at radius 2 is 1.74 bits per heavy atom. The second kappa shape index (κ2) is 5.65. The highest BCUT2D eigenvalue weighted by Crippen LogP contribution is 2.25. The van der Waals surface area contributed by atoms with E-state index in [9.17, 15) is 13.2 Å². The average Bonchev–Trinajstić information content (AvgIpc) is 2.32. The van der Waals surface area contributed by atoms with Gasteiger partial charge in [0.05, 0.1) is 11.7 Å². The molecule has 19 heavy (non-hydrogen) atoms. The first-order valence-electron chi connectivity index (χ1n) is 5.64. The maximum atomic E-state index is 13.6. The van der Waals surface area contributed by atoms with Gasteiger partial charge in [-0.2, -0.15) is 0 Å². The van der Waals surface area contributed by atoms with Crippen LogP contribution in [0.5, 0.6) is 0 Å². The smallest absolute Gasteiger partial charge is 0.147 e. The largest absolute Gasteiger partial charge is 0.376 e. The summed E-state index contributed by atoms with van der Waals surface area (Å²) in [5.41, 5.74) is 0.545. The van der Waals surface area contributed by atoms with Gasteiger partial charge in [-0.1, -0.05) is 22.0 Å². The summed E-state index contributed by atoms with van der Waals surface area (Å²) in [6.45, 7) is 1.68. The average molecular weight is 330 g/mol. The summed E-state index contributed by atoms with van der Waals surface area (Å²) in [7, 11) is 0. The summed E-state index contributed by atoms with van der Waals surface area (Å²) < 4.78 is 40.7. The fourth-order valence-electron chi connectivity index (χ4n) is 1.77. The maximum Gasteiger partial charge on any atom is 0.147 e. The van der Waals surface area contributed by atoms with Gasteiger partial charge in [-0.05, 0) is 31.2 Å². The lowest BCUT2D eigenvalue weighted by Gasteiger charge is -2.17. The van der Waals surface area contributed by atoms with Gasteiger partial charge in [0.25, 0.3) is 0 Å². The lowest BCUT2D eigenvalue weighted by atomic mass is 10.1. The van der Waals surface area contributed by atoms with Crippen molar-refractivity contribution in [1.29, 1.82) is 0 Å². The molecule has 0 spiro atoms. The van der Waals surface area contributed by atoms with Crippen molar-refractivity contribution in [3.63, 3.8) is 0 Å². The molecule has 5 heteroatoms. The minimum atomic E-state index is -0.655. The molecule has 0 bridgehead atoms. The van der Waals surface area contributed by atoms with Crippen LogP contribution in [0.25, 0.3) is 0 Å². The Labute approximate surface area is 117 Å². The molecule has 0 fully saturated rings. The van der Waals surface area contributed by atoms with E-state index >= 15 is 0 Å². The van der Waals surface area contributed by atoms with Crippen molar-refractivity contribution in [2.75, 3.05) is 5.32 Å². The van der Waals surface area contributed by atoms with Crippen molar-refractivity contribution < 1.29 is 13.2 Å². The summed E-state index contributed by atoms with van der Waals surface area (Å²) in [6, 6.07) is 7.40. The minimum Gasteiger partial charge on any atom is -0.376 e.